The number of aromatic nitrogens is 1. The highest BCUT2D eigenvalue weighted by Gasteiger charge is 2.08. The van der Waals surface area contributed by atoms with Crippen LogP contribution in [0.15, 0.2) is 72.2 Å². The molecule has 1 amide bonds. The van der Waals surface area contributed by atoms with Gasteiger partial charge in [0.1, 0.15) is 17.2 Å². The number of rotatable bonds is 5. The molecule has 0 spiro atoms. The standard InChI is InChI=1S/C21H16N2O3S/c1-25-16-8-9-18-17(13-16)19(10-11-22-18)26-15-6-4-14(5-7-15)23-21(24)20-3-2-12-27-20/h2-13H,1H3,(H,23,24). The van der Waals surface area contributed by atoms with Crippen LogP contribution in [0.4, 0.5) is 5.69 Å². The zero-order valence-electron chi connectivity index (χ0n) is 14.5. The molecule has 2 heterocycles. The van der Waals surface area contributed by atoms with E-state index in [-0.39, 0.29) is 5.91 Å². The van der Waals surface area contributed by atoms with Crippen LogP contribution in [-0.2, 0) is 0 Å². The van der Waals surface area contributed by atoms with Crippen molar-refractivity contribution in [2.45, 2.75) is 0 Å². The van der Waals surface area contributed by atoms with Gasteiger partial charge in [-0.05, 0) is 60.0 Å². The number of nitrogens with one attached hydrogen (secondary N) is 1. The third-order valence-corrected chi connectivity index (χ3v) is 4.86. The van der Waals surface area contributed by atoms with Gasteiger partial charge in [0.25, 0.3) is 5.91 Å². The van der Waals surface area contributed by atoms with Gasteiger partial charge in [-0.15, -0.1) is 11.3 Å². The topological polar surface area (TPSA) is 60.5 Å². The fourth-order valence-electron chi connectivity index (χ4n) is 2.65. The first kappa shape index (κ1) is 17.1. The van der Waals surface area contributed by atoms with Gasteiger partial charge in [0.05, 0.1) is 17.5 Å². The second kappa shape index (κ2) is 7.47. The van der Waals surface area contributed by atoms with E-state index in [0.29, 0.717) is 22.1 Å². The minimum absolute atomic E-state index is 0.120. The molecule has 0 aliphatic heterocycles. The monoisotopic (exact) mass is 376 g/mol. The normalized spacial score (nSPS) is 10.6. The fraction of sp³-hybridized carbons (Fsp3) is 0.0476. The molecule has 4 rings (SSSR count). The average molecular weight is 376 g/mol. The Hall–Kier alpha value is -3.38. The molecular weight excluding hydrogens is 360 g/mol. The van der Waals surface area contributed by atoms with Gasteiger partial charge in [0, 0.05) is 17.3 Å². The van der Waals surface area contributed by atoms with E-state index < -0.39 is 0 Å². The van der Waals surface area contributed by atoms with E-state index in [1.54, 1.807) is 19.4 Å². The number of carbonyl (C=O) groups excluding carboxylic acids is 1. The molecule has 0 radical (unpaired) electrons. The van der Waals surface area contributed by atoms with Gasteiger partial charge in [-0.25, -0.2) is 0 Å². The van der Waals surface area contributed by atoms with Crippen molar-refractivity contribution in [3.63, 3.8) is 0 Å². The van der Waals surface area contributed by atoms with Gasteiger partial charge in [-0.2, -0.15) is 0 Å². The number of pyridine rings is 1. The first-order valence-corrected chi connectivity index (χ1v) is 9.16. The molecule has 0 aliphatic carbocycles. The summed E-state index contributed by atoms with van der Waals surface area (Å²) < 4.78 is 11.3. The summed E-state index contributed by atoms with van der Waals surface area (Å²) in [6, 6.07) is 18.4. The van der Waals surface area contributed by atoms with Crippen molar-refractivity contribution in [3.8, 4) is 17.2 Å². The second-order valence-electron chi connectivity index (χ2n) is 5.75. The summed E-state index contributed by atoms with van der Waals surface area (Å²) in [5, 5.41) is 5.61. The zero-order chi connectivity index (χ0) is 18.6. The maximum absolute atomic E-state index is 12.1. The molecule has 0 saturated heterocycles. The molecule has 0 bridgehead atoms. The number of carbonyl (C=O) groups is 1. The number of anilines is 1. The molecule has 2 aromatic heterocycles. The summed E-state index contributed by atoms with van der Waals surface area (Å²) >= 11 is 1.41. The van der Waals surface area contributed by atoms with E-state index in [0.717, 1.165) is 16.7 Å². The number of fused-ring (bicyclic) bond motifs is 1. The van der Waals surface area contributed by atoms with Crippen LogP contribution in [0, 0.1) is 0 Å². The summed E-state index contributed by atoms with van der Waals surface area (Å²) in [5.41, 5.74) is 1.54. The van der Waals surface area contributed by atoms with Crippen LogP contribution in [0.25, 0.3) is 10.9 Å². The number of hydrogen-bond acceptors (Lipinski definition) is 5. The smallest absolute Gasteiger partial charge is 0.265 e. The van der Waals surface area contributed by atoms with Crippen LogP contribution in [-0.4, -0.2) is 18.0 Å². The van der Waals surface area contributed by atoms with Gasteiger partial charge < -0.3 is 14.8 Å². The fourth-order valence-corrected chi connectivity index (χ4v) is 3.27. The van der Waals surface area contributed by atoms with E-state index in [1.807, 2.05) is 60.0 Å². The highest BCUT2D eigenvalue weighted by molar-refractivity contribution is 7.12. The van der Waals surface area contributed by atoms with Gasteiger partial charge in [0.15, 0.2) is 0 Å². The highest BCUT2D eigenvalue weighted by atomic mass is 32.1. The molecule has 0 unspecified atom stereocenters. The van der Waals surface area contributed by atoms with Crippen LogP contribution in [0.3, 0.4) is 0 Å². The van der Waals surface area contributed by atoms with E-state index in [2.05, 4.69) is 10.3 Å². The second-order valence-corrected chi connectivity index (χ2v) is 6.70. The molecule has 0 saturated carbocycles. The Balaban J connectivity index is 1.53. The third-order valence-electron chi connectivity index (χ3n) is 3.99. The lowest BCUT2D eigenvalue weighted by molar-refractivity contribution is 0.103. The summed E-state index contributed by atoms with van der Waals surface area (Å²) in [6.45, 7) is 0. The van der Waals surface area contributed by atoms with Gasteiger partial charge in [-0.1, -0.05) is 6.07 Å². The van der Waals surface area contributed by atoms with Gasteiger partial charge in [-0.3, -0.25) is 9.78 Å². The Morgan fingerprint density at radius 2 is 1.85 bits per heavy atom. The number of thiophene rings is 1. The quantitative estimate of drug-likeness (QED) is 0.510. The third kappa shape index (κ3) is 3.75. The summed E-state index contributed by atoms with van der Waals surface area (Å²) in [5.74, 6) is 1.98. The number of methoxy groups -OCH3 is 1. The van der Waals surface area contributed by atoms with E-state index in [1.165, 1.54) is 11.3 Å². The molecule has 1 N–H and O–H groups in total. The van der Waals surface area contributed by atoms with Crippen LogP contribution < -0.4 is 14.8 Å². The molecule has 4 aromatic rings. The SMILES string of the molecule is COc1ccc2nccc(Oc3ccc(NC(=O)c4cccs4)cc3)c2c1. The lowest BCUT2D eigenvalue weighted by Gasteiger charge is -2.10. The molecule has 0 aliphatic rings. The number of nitrogens with zero attached hydrogens (tertiary/aromatic N) is 1. The van der Waals surface area contributed by atoms with Crippen molar-refractivity contribution in [2.75, 3.05) is 12.4 Å². The number of amides is 1. The minimum Gasteiger partial charge on any atom is -0.497 e. The molecule has 0 fully saturated rings. The van der Waals surface area contributed by atoms with Crippen LogP contribution in [0.5, 0.6) is 17.2 Å². The van der Waals surface area contributed by atoms with Crippen LogP contribution >= 0.6 is 11.3 Å². The van der Waals surface area contributed by atoms with Gasteiger partial charge in [0.2, 0.25) is 0 Å². The van der Waals surface area contributed by atoms with Crippen LogP contribution in [0.2, 0.25) is 0 Å². The predicted molar refractivity (Wildman–Crippen MR) is 107 cm³/mol. The maximum Gasteiger partial charge on any atom is 0.265 e. The maximum atomic E-state index is 12.1. The van der Waals surface area contributed by atoms with E-state index in [9.17, 15) is 4.79 Å². The molecular formula is C21H16N2O3S. The Bertz CT molecular complexity index is 1080. The summed E-state index contributed by atoms with van der Waals surface area (Å²) in [7, 11) is 1.63. The highest BCUT2D eigenvalue weighted by Crippen LogP contribution is 2.31. The Labute approximate surface area is 160 Å². The Kier molecular flexibility index (Phi) is 4.72. The van der Waals surface area contributed by atoms with Gasteiger partial charge >= 0.3 is 0 Å². The van der Waals surface area contributed by atoms with E-state index in [4.69, 9.17) is 9.47 Å². The van der Waals surface area contributed by atoms with Crippen molar-refractivity contribution >= 4 is 33.8 Å². The minimum atomic E-state index is -0.120. The molecule has 0 atom stereocenters. The van der Waals surface area contributed by atoms with Crippen molar-refractivity contribution in [3.05, 3.63) is 77.1 Å². The predicted octanol–water partition coefficient (Wildman–Crippen LogP) is 5.35. The Morgan fingerprint density at radius 3 is 2.59 bits per heavy atom. The lowest BCUT2D eigenvalue weighted by atomic mass is 10.2. The molecule has 134 valence electrons. The molecule has 27 heavy (non-hydrogen) atoms. The Morgan fingerprint density at radius 1 is 1.04 bits per heavy atom. The average Bonchev–Trinajstić information content (AvgIpc) is 3.24. The first-order valence-electron chi connectivity index (χ1n) is 8.28. The number of ether oxygens (including phenoxy) is 2. The molecule has 5 nitrogen and oxygen atoms in total. The summed E-state index contributed by atoms with van der Waals surface area (Å²) in [6.07, 6.45) is 1.71. The van der Waals surface area contributed by atoms with Crippen molar-refractivity contribution < 1.29 is 14.3 Å². The first-order chi connectivity index (χ1) is 13.2. The zero-order valence-corrected chi connectivity index (χ0v) is 15.3. The lowest BCUT2D eigenvalue weighted by Crippen LogP contribution is -2.09. The number of hydrogen-bond donors (Lipinski definition) is 1. The van der Waals surface area contributed by atoms with Crippen LogP contribution in [0.1, 0.15) is 9.67 Å². The van der Waals surface area contributed by atoms with Crippen molar-refractivity contribution in [1.29, 1.82) is 0 Å². The van der Waals surface area contributed by atoms with E-state index >= 15 is 0 Å². The van der Waals surface area contributed by atoms with Crippen molar-refractivity contribution in [1.82, 2.24) is 4.98 Å². The number of benzene rings is 2. The summed E-state index contributed by atoms with van der Waals surface area (Å²) in [4.78, 5) is 17.1. The molecule has 6 heteroatoms. The molecule has 2 aromatic carbocycles. The van der Waals surface area contributed by atoms with Crippen molar-refractivity contribution in [2.24, 2.45) is 0 Å². The largest absolute Gasteiger partial charge is 0.497 e.